The van der Waals surface area contributed by atoms with Crippen molar-refractivity contribution < 1.29 is 19.4 Å². The number of aliphatic carboxylic acids is 1. The number of carbonyl (C=O) groups is 1. The molecule has 1 fully saturated rings. The molecule has 19 heavy (non-hydrogen) atoms. The Labute approximate surface area is 117 Å². The second-order valence-corrected chi connectivity index (χ2v) is 5.19. The van der Waals surface area contributed by atoms with Gasteiger partial charge in [-0.2, -0.15) is 0 Å². The third kappa shape index (κ3) is 2.25. The monoisotopic (exact) mass is 284 g/mol. The summed E-state index contributed by atoms with van der Waals surface area (Å²) in [5, 5.41) is 10.0. The molecule has 0 aromatic heterocycles. The molecule has 0 aliphatic heterocycles. The van der Waals surface area contributed by atoms with Gasteiger partial charge in [-0.25, -0.2) is 0 Å². The maximum absolute atomic E-state index is 11.7. The average Bonchev–Trinajstić information content (AvgIpc) is 2.89. The molecule has 1 aromatic carbocycles. The molecule has 0 saturated heterocycles. The van der Waals surface area contributed by atoms with Crippen molar-refractivity contribution in [3.63, 3.8) is 0 Å². The van der Waals surface area contributed by atoms with Crippen molar-refractivity contribution in [2.75, 3.05) is 14.2 Å². The zero-order chi connectivity index (χ0) is 14.0. The number of methoxy groups -OCH3 is 2. The molecular formula is C14H17ClO4. The number of rotatable bonds is 4. The van der Waals surface area contributed by atoms with E-state index in [1.165, 1.54) is 14.2 Å². The second kappa shape index (κ2) is 5.29. The Morgan fingerprint density at radius 2 is 1.79 bits per heavy atom. The molecule has 5 heteroatoms. The molecule has 1 aliphatic carbocycles. The smallest absolute Gasteiger partial charge is 0.314 e. The van der Waals surface area contributed by atoms with Crippen LogP contribution < -0.4 is 9.47 Å². The molecule has 1 N–H and O–H groups in total. The van der Waals surface area contributed by atoms with E-state index in [9.17, 15) is 9.90 Å². The first kappa shape index (κ1) is 14.0. The summed E-state index contributed by atoms with van der Waals surface area (Å²) < 4.78 is 10.5. The van der Waals surface area contributed by atoms with Crippen molar-refractivity contribution >= 4 is 17.6 Å². The highest BCUT2D eigenvalue weighted by molar-refractivity contribution is 6.32. The Bertz CT molecular complexity index is 492. The topological polar surface area (TPSA) is 55.8 Å². The molecule has 0 unspecified atom stereocenters. The van der Waals surface area contributed by atoms with Crippen molar-refractivity contribution in [2.45, 2.75) is 31.1 Å². The molecule has 1 aromatic rings. The Hall–Kier alpha value is -1.42. The van der Waals surface area contributed by atoms with E-state index in [1.807, 2.05) is 0 Å². The summed E-state index contributed by atoms with van der Waals surface area (Å²) in [7, 11) is 3.04. The molecule has 4 nitrogen and oxygen atoms in total. The van der Waals surface area contributed by atoms with Gasteiger partial charge in [-0.15, -0.1) is 0 Å². The number of carboxylic acid groups (broad SMARTS) is 1. The first-order chi connectivity index (χ1) is 9.05. The Morgan fingerprint density at radius 1 is 1.21 bits per heavy atom. The van der Waals surface area contributed by atoms with E-state index in [0.29, 0.717) is 34.9 Å². The number of hydrogen-bond acceptors (Lipinski definition) is 3. The Kier molecular flexibility index (Phi) is 3.90. The van der Waals surface area contributed by atoms with Gasteiger partial charge in [-0.05, 0) is 18.9 Å². The molecule has 2 rings (SSSR count). The lowest BCUT2D eigenvalue weighted by atomic mass is 9.78. The predicted octanol–water partition coefficient (Wildman–Crippen LogP) is 3.25. The number of hydrogen-bond donors (Lipinski definition) is 1. The minimum atomic E-state index is -0.888. The predicted molar refractivity (Wildman–Crippen MR) is 72.3 cm³/mol. The summed E-state index contributed by atoms with van der Waals surface area (Å²) in [5.74, 6) is 0.191. The van der Waals surface area contributed by atoms with Gasteiger partial charge in [0.1, 0.15) is 11.5 Å². The van der Waals surface area contributed by atoms with E-state index in [2.05, 4.69) is 0 Å². The van der Waals surface area contributed by atoms with Gasteiger partial charge in [-0.3, -0.25) is 4.79 Å². The third-order valence-corrected chi connectivity index (χ3v) is 4.15. The lowest BCUT2D eigenvalue weighted by molar-refractivity contribution is -0.143. The summed E-state index contributed by atoms with van der Waals surface area (Å²) in [6, 6.07) is 3.32. The quantitative estimate of drug-likeness (QED) is 0.922. The molecule has 0 heterocycles. The summed E-state index contributed by atoms with van der Waals surface area (Å²) in [6.45, 7) is 0. The van der Waals surface area contributed by atoms with Crippen LogP contribution in [0.15, 0.2) is 12.1 Å². The summed E-state index contributed by atoms with van der Waals surface area (Å²) in [5.41, 5.74) is -0.243. The molecule has 104 valence electrons. The van der Waals surface area contributed by atoms with Crippen LogP contribution >= 0.6 is 11.6 Å². The van der Waals surface area contributed by atoms with E-state index >= 15 is 0 Å². The van der Waals surface area contributed by atoms with Crippen LogP contribution in [0.25, 0.3) is 0 Å². The minimum Gasteiger partial charge on any atom is -0.496 e. The van der Waals surface area contributed by atoms with Crippen molar-refractivity contribution in [1.29, 1.82) is 0 Å². The van der Waals surface area contributed by atoms with Crippen LogP contribution in [0.4, 0.5) is 0 Å². The van der Waals surface area contributed by atoms with Crippen molar-refractivity contribution in [1.82, 2.24) is 0 Å². The maximum atomic E-state index is 11.7. The standard InChI is InChI=1S/C14H17ClO4/c1-18-11-8-12(19-2)10(15)7-9(11)14(13(16)17)5-3-4-6-14/h7-8H,3-6H2,1-2H3,(H,16,17). The van der Waals surface area contributed by atoms with Crippen LogP contribution in [0, 0.1) is 0 Å². The van der Waals surface area contributed by atoms with Crippen molar-refractivity contribution in [3.05, 3.63) is 22.7 Å². The number of carboxylic acids is 1. The first-order valence-electron chi connectivity index (χ1n) is 6.20. The van der Waals surface area contributed by atoms with Crippen LogP contribution in [-0.2, 0) is 10.2 Å². The normalized spacial score (nSPS) is 17.2. The largest absolute Gasteiger partial charge is 0.496 e. The molecule has 0 bridgehead atoms. The molecule has 0 atom stereocenters. The van der Waals surface area contributed by atoms with Gasteiger partial charge in [0.15, 0.2) is 0 Å². The highest BCUT2D eigenvalue weighted by atomic mass is 35.5. The first-order valence-corrected chi connectivity index (χ1v) is 6.58. The molecule has 1 aliphatic rings. The zero-order valence-electron chi connectivity index (χ0n) is 11.0. The third-order valence-electron chi connectivity index (χ3n) is 3.86. The van der Waals surface area contributed by atoms with Gasteiger partial charge in [0.2, 0.25) is 0 Å². The Morgan fingerprint density at radius 3 is 2.26 bits per heavy atom. The minimum absolute atomic E-state index is 0.408. The number of halogens is 1. The van der Waals surface area contributed by atoms with Crippen LogP contribution in [0.3, 0.4) is 0 Å². The maximum Gasteiger partial charge on any atom is 0.314 e. The van der Waals surface area contributed by atoms with Gasteiger partial charge in [0.25, 0.3) is 0 Å². The number of benzene rings is 1. The van der Waals surface area contributed by atoms with Crippen LogP contribution in [0.1, 0.15) is 31.2 Å². The SMILES string of the molecule is COc1cc(OC)c(C2(C(=O)O)CCCC2)cc1Cl. The van der Waals surface area contributed by atoms with Gasteiger partial charge in [-0.1, -0.05) is 24.4 Å². The highest BCUT2D eigenvalue weighted by Crippen LogP contribution is 2.47. The summed E-state index contributed by atoms with van der Waals surface area (Å²) in [6.07, 6.45) is 3.03. The van der Waals surface area contributed by atoms with Crippen molar-refractivity contribution in [3.8, 4) is 11.5 Å². The lowest BCUT2D eigenvalue weighted by Gasteiger charge is -2.27. The van der Waals surface area contributed by atoms with E-state index in [0.717, 1.165) is 12.8 Å². The van der Waals surface area contributed by atoms with Gasteiger partial charge >= 0.3 is 5.97 Å². The molecular weight excluding hydrogens is 268 g/mol. The number of ether oxygens (including phenoxy) is 2. The second-order valence-electron chi connectivity index (χ2n) is 4.78. The van der Waals surface area contributed by atoms with Crippen LogP contribution in [0.2, 0.25) is 5.02 Å². The fourth-order valence-corrected chi connectivity index (χ4v) is 3.05. The zero-order valence-corrected chi connectivity index (χ0v) is 11.8. The summed E-state index contributed by atoms with van der Waals surface area (Å²) in [4.78, 5) is 11.7. The van der Waals surface area contributed by atoms with E-state index in [-0.39, 0.29) is 0 Å². The van der Waals surface area contributed by atoms with Gasteiger partial charge in [0.05, 0.1) is 24.7 Å². The molecule has 0 amide bonds. The fraction of sp³-hybridized carbons (Fsp3) is 0.500. The van der Waals surface area contributed by atoms with Gasteiger partial charge < -0.3 is 14.6 Å². The lowest BCUT2D eigenvalue weighted by Crippen LogP contribution is -2.33. The highest BCUT2D eigenvalue weighted by Gasteiger charge is 2.45. The Balaban J connectivity index is 2.60. The van der Waals surface area contributed by atoms with Crippen LogP contribution in [-0.4, -0.2) is 25.3 Å². The van der Waals surface area contributed by atoms with E-state index in [4.69, 9.17) is 21.1 Å². The van der Waals surface area contributed by atoms with Crippen LogP contribution in [0.5, 0.6) is 11.5 Å². The van der Waals surface area contributed by atoms with Crippen molar-refractivity contribution in [2.24, 2.45) is 0 Å². The van der Waals surface area contributed by atoms with E-state index < -0.39 is 11.4 Å². The summed E-state index contributed by atoms with van der Waals surface area (Å²) >= 11 is 6.13. The van der Waals surface area contributed by atoms with E-state index in [1.54, 1.807) is 12.1 Å². The molecule has 1 saturated carbocycles. The fourth-order valence-electron chi connectivity index (χ4n) is 2.81. The average molecular weight is 285 g/mol. The van der Waals surface area contributed by atoms with Gasteiger partial charge in [0, 0.05) is 11.6 Å². The molecule has 0 radical (unpaired) electrons. The molecule has 0 spiro atoms.